The van der Waals surface area contributed by atoms with Crippen molar-refractivity contribution in [1.82, 2.24) is 43.7 Å². The Morgan fingerprint density at radius 1 is 0.824 bits per heavy atom. The monoisotopic (exact) mass is 1010 g/mol. The summed E-state index contributed by atoms with van der Waals surface area (Å²) in [5.41, 5.74) is 4.13. The minimum atomic E-state index is -4.69. The Morgan fingerprint density at radius 2 is 1.57 bits per heavy atom. The lowest BCUT2D eigenvalue weighted by atomic mass is 10.00. The number of anilines is 2. The first-order chi connectivity index (χ1) is 35.6. The second kappa shape index (κ2) is 19.8. The van der Waals surface area contributed by atoms with E-state index in [0.717, 1.165) is 72.0 Å². The standard InChI is InChI=1S/C54H58F3N11O6/c1-34(49-60-58-33-61(49)2)37-5-3-6-41(26-37)66-32-47-45(54(55,56)57)25-35(29-68(47)53(66)73)28-62-19-16-42(17-20-62)74-43-7-4-18-65(31-43)51(71)36-8-10-39(11-9-36)63-21-23-64(24-22-63)40-12-13-44-38(27-40)30-67(52(44)72)46-14-15-48(69)59-50(46)70/h3,5-6,8-13,25-27,29,32-34,42-43,46H,4,7,14-24,28,30-31H2,1-2H3,(H,59,69,70)/t34-,43?,46+/m1/s1. The van der Waals surface area contributed by atoms with Gasteiger partial charge in [-0.15, -0.1) is 10.2 Å². The summed E-state index contributed by atoms with van der Waals surface area (Å²) >= 11 is 0. The molecule has 0 aliphatic carbocycles. The summed E-state index contributed by atoms with van der Waals surface area (Å²) in [6.07, 6.45) is 3.08. The summed E-state index contributed by atoms with van der Waals surface area (Å²) in [5, 5.41) is 10.5. The number of aromatic nitrogens is 5. The number of rotatable bonds is 11. The Balaban J connectivity index is 0.663. The van der Waals surface area contributed by atoms with Gasteiger partial charge in [-0.2, -0.15) is 13.2 Å². The van der Waals surface area contributed by atoms with Crippen molar-refractivity contribution in [3.8, 4) is 5.69 Å². The number of nitrogens with one attached hydrogen (secondary N) is 1. The van der Waals surface area contributed by atoms with E-state index >= 15 is 0 Å². The van der Waals surface area contributed by atoms with Crippen LogP contribution in [0.1, 0.15) is 100 Å². The Labute approximate surface area is 425 Å². The number of nitrogens with zero attached hydrogens (tertiary/aromatic N) is 10. The van der Waals surface area contributed by atoms with E-state index in [4.69, 9.17) is 4.74 Å². The molecule has 3 atom stereocenters. The number of imidazole rings is 1. The highest BCUT2D eigenvalue weighted by Gasteiger charge is 2.40. The van der Waals surface area contributed by atoms with Crippen LogP contribution >= 0.6 is 0 Å². The number of alkyl halides is 3. The average molecular weight is 1010 g/mol. The van der Waals surface area contributed by atoms with E-state index in [-0.39, 0.29) is 54.3 Å². The van der Waals surface area contributed by atoms with Crippen molar-refractivity contribution in [1.29, 1.82) is 0 Å². The number of imide groups is 1. The highest BCUT2D eigenvalue weighted by molar-refractivity contribution is 6.05. The molecular formula is C54H58F3N11O6. The number of likely N-dealkylation sites (tertiary alicyclic amines) is 2. The molecule has 11 rings (SSSR count). The molecule has 17 nitrogen and oxygen atoms in total. The topological polar surface area (TPSA) is 163 Å². The van der Waals surface area contributed by atoms with Crippen LogP contribution in [0.15, 0.2) is 96.3 Å². The third-order valence-electron chi connectivity index (χ3n) is 15.5. The Kier molecular flexibility index (Phi) is 13.1. The van der Waals surface area contributed by atoms with Crippen molar-refractivity contribution >= 4 is 40.5 Å². The summed E-state index contributed by atoms with van der Waals surface area (Å²) in [4.78, 5) is 75.2. The molecule has 0 radical (unpaired) electrons. The number of pyridine rings is 1. The van der Waals surface area contributed by atoms with Crippen molar-refractivity contribution in [2.75, 3.05) is 62.2 Å². The summed E-state index contributed by atoms with van der Waals surface area (Å²) in [7, 11) is 1.84. The molecule has 1 N–H and O–H groups in total. The van der Waals surface area contributed by atoms with Crippen LogP contribution in [0, 0.1) is 0 Å². The van der Waals surface area contributed by atoms with Crippen LogP contribution in [-0.2, 0) is 40.6 Å². The number of hydrogen-bond donors (Lipinski definition) is 1. The van der Waals surface area contributed by atoms with Crippen LogP contribution in [-0.4, -0.2) is 133 Å². The zero-order chi connectivity index (χ0) is 51.4. The van der Waals surface area contributed by atoms with Gasteiger partial charge in [-0.3, -0.25) is 38.4 Å². The number of carbonyl (C=O) groups is 4. The summed E-state index contributed by atoms with van der Waals surface area (Å²) in [6.45, 7) is 7.92. The van der Waals surface area contributed by atoms with Gasteiger partial charge in [0.15, 0.2) is 0 Å². The molecule has 386 valence electrons. The molecule has 0 spiro atoms. The van der Waals surface area contributed by atoms with Gasteiger partial charge in [-0.05, 0) is 109 Å². The van der Waals surface area contributed by atoms with Crippen LogP contribution in [0.2, 0.25) is 0 Å². The molecule has 3 aromatic carbocycles. The lowest BCUT2D eigenvalue weighted by Gasteiger charge is -2.38. The molecule has 3 aromatic heterocycles. The minimum absolute atomic E-state index is 0.0400. The van der Waals surface area contributed by atoms with Gasteiger partial charge in [0.25, 0.3) is 11.8 Å². The maximum atomic E-state index is 14.6. The van der Waals surface area contributed by atoms with Gasteiger partial charge < -0.3 is 28.9 Å². The molecule has 4 amide bonds. The van der Waals surface area contributed by atoms with Crippen LogP contribution < -0.4 is 20.8 Å². The predicted octanol–water partition coefficient (Wildman–Crippen LogP) is 5.76. The largest absolute Gasteiger partial charge is 0.418 e. The number of halogens is 3. The van der Waals surface area contributed by atoms with Gasteiger partial charge in [0, 0.05) is 120 Å². The van der Waals surface area contributed by atoms with Gasteiger partial charge in [0.05, 0.1) is 29.0 Å². The predicted molar refractivity (Wildman–Crippen MR) is 268 cm³/mol. The number of amides is 4. The Hall–Kier alpha value is -7.32. The molecular weight excluding hydrogens is 956 g/mol. The normalized spacial score (nSPS) is 20.6. The highest BCUT2D eigenvalue weighted by atomic mass is 19.4. The summed E-state index contributed by atoms with van der Waals surface area (Å²) in [6, 6.07) is 21.3. The lowest BCUT2D eigenvalue weighted by Crippen LogP contribution is -2.52. The second-order valence-corrected chi connectivity index (χ2v) is 20.3. The second-order valence-electron chi connectivity index (χ2n) is 20.3. The Bertz CT molecular complexity index is 3190. The van der Waals surface area contributed by atoms with Gasteiger partial charge in [0.1, 0.15) is 18.2 Å². The molecule has 6 aromatic rings. The molecule has 74 heavy (non-hydrogen) atoms. The summed E-state index contributed by atoms with van der Waals surface area (Å²) < 4.78 is 54.7. The zero-order valence-corrected chi connectivity index (χ0v) is 41.3. The third-order valence-corrected chi connectivity index (χ3v) is 15.5. The first-order valence-corrected chi connectivity index (χ1v) is 25.5. The van der Waals surface area contributed by atoms with Crippen LogP contribution in [0.4, 0.5) is 24.5 Å². The van der Waals surface area contributed by atoms with E-state index in [0.29, 0.717) is 80.2 Å². The number of carbonyl (C=O) groups excluding carboxylic acids is 4. The van der Waals surface area contributed by atoms with E-state index in [1.807, 2.05) is 67.4 Å². The number of piperidine rings is 3. The van der Waals surface area contributed by atoms with Gasteiger partial charge in [-0.1, -0.05) is 19.1 Å². The molecule has 4 saturated heterocycles. The zero-order valence-electron chi connectivity index (χ0n) is 41.3. The molecule has 1 unspecified atom stereocenters. The van der Waals surface area contributed by atoms with Crippen LogP contribution in [0.5, 0.6) is 0 Å². The van der Waals surface area contributed by atoms with Crippen molar-refractivity contribution in [3.05, 3.63) is 141 Å². The quantitative estimate of drug-likeness (QED) is 0.157. The molecule has 4 fully saturated rings. The van der Waals surface area contributed by atoms with Gasteiger partial charge >= 0.3 is 11.9 Å². The highest BCUT2D eigenvalue weighted by Crippen LogP contribution is 2.35. The fourth-order valence-electron chi connectivity index (χ4n) is 11.5. The number of fused-ring (bicyclic) bond motifs is 2. The molecule has 0 bridgehead atoms. The minimum Gasteiger partial charge on any atom is -0.373 e. The van der Waals surface area contributed by atoms with Gasteiger partial charge in [-0.25, -0.2) is 4.79 Å². The smallest absolute Gasteiger partial charge is 0.373 e. The van der Waals surface area contributed by atoms with E-state index in [9.17, 15) is 37.1 Å². The summed E-state index contributed by atoms with van der Waals surface area (Å²) in [5.74, 6) is -0.414. The molecule has 8 heterocycles. The molecule has 0 saturated carbocycles. The van der Waals surface area contributed by atoms with Crippen molar-refractivity contribution < 1.29 is 37.1 Å². The first kappa shape index (κ1) is 48.9. The maximum absolute atomic E-state index is 14.6. The van der Waals surface area contributed by atoms with Crippen molar-refractivity contribution in [2.45, 2.75) is 88.9 Å². The van der Waals surface area contributed by atoms with Crippen LogP contribution in [0.3, 0.4) is 0 Å². The average Bonchev–Trinajstić information content (AvgIpc) is 4.10. The Morgan fingerprint density at radius 3 is 2.28 bits per heavy atom. The first-order valence-electron chi connectivity index (χ1n) is 25.5. The number of ether oxygens (including phenoxy) is 1. The van der Waals surface area contributed by atoms with E-state index < -0.39 is 29.4 Å². The fraction of sp³-hybridized carbons (Fsp3) is 0.426. The van der Waals surface area contributed by atoms with Crippen LogP contribution in [0.25, 0.3) is 11.2 Å². The number of benzene rings is 3. The number of hydrogen-bond acceptors (Lipinski definition) is 11. The molecule has 5 aliphatic rings. The van der Waals surface area contributed by atoms with Crippen molar-refractivity contribution in [3.63, 3.8) is 0 Å². The van der Waals surface area contributed by atoms with E-state index in [1.165, 1.54) is 17.0 Å². The van der Waals surface area contributed by atoms with Crippen molar-refractivity contribution in [2.24, 2.45) is 7.05 Å². The fourth-order valence-corrected chi connectivity index (χ4v) is 11.5. The number of aryl methyl sites for hydroxylation is 1. The third kappa shape index (κ3) is 9.67. The molecule has 20 heteroatoms. The van der Waals surface area contributed by atoms with Gasteiger partial charge in [0.2, 0.25) is 11.8 Å². The lowest BCUT2D eigenvalue weighted by molar-refractivity contribution is -0.137. The maximum Gasteiger partial charge on any atom is 0.418 e. The number of piperazine rings is 1. The van der Waals surface area contributed by atoms with E-state index in [2.05, 4.69) is 30.2 Å². The SMILES string of the molecule is C[C@H](c1cccc(-n2cc3c(C(F)(F)F)cc(CN4CCC(OC5CCCN(C(=O)c6ccc(N7CCN(c8ccc9c(c8)CN([C@H]8CCC(=O)NC8=O)C9=O)CC7)cc6)C5)CC4)cn3c2=O)c1)c1nncn1C. The van der Waals surface area contributed by atoms with E-state index in [1.54, 1.807) is 34.0 Å². The molecule has 5 aliphatic heterocycles.